The van der Waals surface area contributed by atoms with Gasteiger partial charge in [0.2, 0.25) is 0 Å². The summed E-state index contributed by atoms with van der Waals surface area (Å²) in [4.78, 5) is 18.4. The molecule has 2 aromatic heterocycles. The highest BCUT2D eigenvalue weighted by atomic mass is 16.2. The van der Waals surface area contributed by atoms with Crippen LogP contribution in [0.1, 0.15) is 0 Å². The maximum Gasteiger partial charge on any atom is 0.340 e. The van der Waals surface area contributed by atoms with E-state index in [1.54, 1.807) is 0 Å². The number of carbonyl (C=O) groups is 1. The Balaban J connectivity index is 2.79. The van der Waals surface area contributed by atoms with Crippen molar-refractivity contribution < 1.29 is 4.79 Å². The van der Waals surface area contributed by atoms with Crippen LogP contribution in [-0.2, 0) is 0 Å². The van der Waals surface area contributed by atoms with Crippen LogP contribution in [0.4, 0.5) is 4.79 Å². The smallest absolute Gasteiger partial charge is 0.340 e. The molecule has 0 spiro atoms. The highest BCUT2D eigenvalue weighted by molar-refractivity contribution is 5.86. The van der Waals surface area contributed by atoms with Crippen LogP contribution in [0.5, 0.6) is 0 Å². The third-order valence-corrected chi connectivity index (χ3v) is 1.46. The van der Waals surface area contributed by atoms with E-state index in [0.717, 1.165) is 4.68 Å². The summed E-state index contributed by atoms with van der Waals surface area (Å²) in [5.74, 6) is 0. The summed E-state index contributed by atoms with van der Waals surface area (Å²) >= 11 is 0. The van der Waals surface area contributed by atoms with Crippen LogP contribution in [0.3, 0.4) is 0 Å². The van der Waals surface area contributed by atoms with Gasteiger partial charge in [0.25, 0.3) is 0 Å². The van der Waals surface area contributed by atoms with Crippen LogP contribution < -0.4 is 5.73 Å². The molecule has 0 saturated carbocycles. The lowest BCUT2D eigenvalue weighted by molar-refractivity contribution is 0.248. The number of primary amides is 1. The molecule has 12 heavy (non-hydrogen) atoms. The van der Waals surface area contributed by atoms with E-state index in [1.165, 1.54) is 18.7 Å². The largest absolute Gasteiger partial charge is 0.350 e. The van der Waals surface area contributed by atoms with Crippen molar-refractivity contribution in [3.8, 4) is 0 Å². The standard InChI is InChI=1S/C6H5N5O/c7-6(12)11-5-2-8-3-9-4(5)1-10-11/h1-3H,(H2,7,12). The van der Waals surface area contributed by atoms with Gasteiger partial charge in [0, 0.05) is 0 Å². The summed E-state index contributed by atoms with van der Waals surface area (Å²) in [5.41, 5.74) is 6.15. The Kier molecular flexibility index (Phi) is 1.26. The molecule has 2 rings (SSSR count). The van der Waals surface area contributed by atoms with E-state index in [-0.39, 0.29) is 0 Å². The Hall–Kier alpha value is -1.98. The Morgan fingerprint density at radius 1 is 1.50 bits per heavy atom. The number of nitrogens with two attached hydrogens (primary N) is 1. The van der Waals surface area contributed by atoms with E-state index >= 15 is 0 Å². The number of carbonyl (C=O) groups excluding carboxylic acids is 1. The molecule has 2 aromatic rings. The average Bonchev–Trinajstić information content (AvgIpc) is 2.47. The summed E-state index contributed by atoms with van der Waals surface area (Å²) in [5, 5.41) is 3.73. The Bertz CT molecular complexity index is 434. The van der Waals surface area contributed by atoms with Crippen molar-refractivity contribution in [3.05, 3.63) is 18.7 Å². The lowest BCUT2D eigenvalue weighted by Gasteiger charge is -1.93. The van der Waals surface area contributed by atoms with Crippen molar-refractivity contribution in [1.82, 2.24) is 19.7 Å². The molecule has 6 heteroatoms. The van der Waals surface area contributed by atoms with E-state index in [1.807, 2.05) is 0 Å². The summed E-state index contributed by atoms with van der Waals surface area (Å²) < 4.78 is 1.05. The molecular weight excluding hydrogens is 158 g/mol. The maximum atomic E-state index is 10.7. The minimum atomic E-state index is -0.639. The normalized spacial score (nSPS) is 10.3. The van der Waals surface area contributed by atoms with Crippen LogP contribution in [0.15, 0.2) is 18.7 Å². The molecule has 6 nitrogen and oxygen atoms in total. The van der Waals surface area contributed by atoms with Gasteiger partial charge in [-0.2, -0.15) is 9.78 Å². The number of fused-ring (bicyclic) bond motifs is 1. The topological polar surface area (TPSA) is 86.7 Å². The summed E-state index contributed by atoms with van der Waals surface area (Å²) in [6.45, 7) is 0. The van der Waals surface area contributed by atoms with E-state index in [9.17, 15) is 4.79 Å². The third-order valence-electron chi connectivity index (χ3n) is 1.46. The van der Waals surface area contributed by atoms with Gasteiger partial charge in [-0.25, -0.2) is 14.8 Å². The number of hydrogen-bond acceptors (Lipinski definition) is 4. The number of aromatic nitrogens is 4. The van der Waals surface area contributed by atoms with Crippen molar-refractivity contribution >= 4 is 17.1 Å². The van der Waals surface area contributed by atoms with Gasteiger partial charge in [-0.15, -0.1) is 0 Å². The van der Waals surface area contributed by atoms with Gasteiger partial charge in [-0.1, -0.05) is 0 Å². The minimum absolute atomic E-state index is 0.519. The lowest BCUT2D eigenvalue weighted by Crippen LogP contribution is -2.20. The third kappa shape index (κ3) is 0.815. The summed E-state index contributed by atoms with van der Waals surface area (Å²) in [6.07, 6.45) is 4.33. The fourth-order valence-corrected chi connectivity index (χ4v) is 0.945. The van der Waals surface area contributed by atoms with Crippen molar-refractivity contribution in [1.29, 1.82) is 0 Å². The molecule has 0 aliphatic rings. The first-order chi connectivity index (χ1) is 5.79. The number of hydrogen-bond donors (Lipinski definition) is 1. The first-order valence-corrected chi connectivity index (χ1v) is 3.22. The lowest BCUT2D eigenvalue weighted by atomic mass is 10.5. The Morgan fingerprint density at radius 3 is 3.08 bits per heavy atom. The van der Waals surface area contributed by atoms with Crippen molar-refractivity contribution in [2.24, 2.45) is 5.73 Å². The predicted octanol–water partition coefficient (Wildman–Crippen LogP) is -0.247. The molecule has 1 amide bonds. The Morgan fingerprint density at radius 2 is 2.33 bits per heavy atom. The van der Waals surface area contributed by atoms with E-state index in [0.29, 0.717) is 11.0 Å². The molecule has 0 atom stereocenters. The second-order valence-electron chi connectivity index (χ2n) is 2.19. The molecule has 2 N–H and O–H groups in total. The molecular formula is C6H5N5O. The highest BCUT2D eigenvalue weighted by Crippen LogP contribution is 2.06. The number of nitrogens with zero attached hydrogens (tertiary/aromatic N) is 4. The fraction of sp³-hybridized carbons (Fsp3) is 0. The fourth-order valence-electron chi connectivity index (χ4n) is 0.945. The second kappa shape index (κ2) is 2.26. The molecule has 0 unspecified atom stereocenters. The van der Waals surface area contributed by atoms with Crippen molar-refractivity contribution in [3.63, 3.8) is 0 Å². The molecule has 0 bridgehead atoms. The second-order valence-corrected chi connectivity index (χ2v) is 2.19. The zero-order chi connectivity index (χ0) is 8.55. The van der Waals surface area contributed by atoms with Gasteiger partial charge in [0.1, 0.15) is 17.4 Å². The zero-order valence-electron chi connectivity index (χ0n) is 6.01. The predicted molar refractivity (Wildman–Crippen MR) is 40.3 cm³/mol. The van der Waals surface area contributed by atoms with Crippen LogP contribution >= 0.6 is 0 Å². The van der Waals surface area contributed by atoms with Crippen molar-refractivity contribution in [2.45, 2.75) is 0 Å². The van der Waals surface area contributed by atoms with Crippen LogP contribution in [0.25, 0.3) is 11.0 Å². The molecule has 2 heterocycles. The van der Waals surface area contributed by atoms with E-state index < -0.39 is 6.03 Å². The average molecular weight is 163 g/mol. The van der Waals surface area contributed by atoms with Gasteiger partial charge in [-0.05, 0) is 0 Å². The molecule has 0 aromatic carbocycles. The maximum absolute atomic E-state index is 10.7. The molecule has 0 aliphatic heterocycles. The van der Waals surface area contributed by atoms with E-state index in [4.69, 9.17) is 5.73 Å². The Labute approximate surface area is 67.0 Å². The number of amides is 1. The van der Waals surface area contributed by atoms with Gasteiger partial charge < -0.3 is 5.73 Å². The first kappa shape index (κ1) is 6.71. The zero-order valence-corrected chi connectivity index (χ0v) is 6.01. The first-order valence-electron chi connectivity index (χ1n) is 3.22. The van der Waals surface area contributed by atoms with Gasteiger partial charge in [0.05, 0.1) is 12.4 Å². The van der Waals surface area contributed by atoms with Crippen LogP contribution in [-0.4, -0.2) is 25.8 Å². The monoisotopic (exact) mass is 163 g/mol. The molecule has 0 radical (unpaired) electrons. The number of rotatable bonds is 0. The van der Waals surface area contributed by atoms with Gasteiger partial charge in [-0.3, -0.25) is 0 Å². The van der Waals surface area contributed by atoms with E-state index in [2.05, 4.69) is 15.1 Å². The van der Waals surface area contributed by atoms with Crippen LogP contribution in [0, 0.1) is 0 Å². The van der Waals surface area contributed by atoms with Gasteiger partial charge in [0.15, 0.2) is 0 Å². The summed E-state index contributed by atoms with van der Waals surface area (Å²) in [7, 11) is 0. The summed E-state index contributed by atoms with van der Waals surface area (Å²) in [6, 6.07) is -0.639. The molecule has 0 fully saturated rings. The van der Waals surface area contributed by atoms with Crippen molar-refractivity contribution in [2.75, 3.05) is 0 Å². The van der Waals surface area contributed by atoms with Gasteiger partial charge >= 0.3 is 6.03 Å². The molecule has 0 aliphatic carbocycles. The molecule has 0 saturated heterocycles. The quantitative estimate of drug-likeness (QED) is 0.580. The molecule has 60 valence electrons. The minimum Gasteiger partial charge on any atom is -0.350 e. The SMILES string of the molecule is NC(=O)n1ncc2ncncc21. The highest BCUT2D eigenvalue weighted by Gasteiger charge is 2.06. The van der Waals surface area contributed by atoms with Crippen LogP contribution in [0.2, 0.25) is 0 Å².